The van der Waals surface area contributed by atoms with Crippen molar-refractivity contribution in [3.8, 4) is 0 Å². The van der Waals surface area contributed by atoms with Crippen molar-refractivity contribution < 1.29 is 14.1 Å². The third kappa shape index (κ3) is 4.69. The van der Waals surface area contributed by atoms with Crippen LogP contribution in [0.4, 0.5) is 10.6 Å². The summed E-state index contributed by atoms with van der Waals surface area (Å²) in [7, 11) is 0. The molecule has 1 aliphatic rings. The highest BCUT2D eigenvalue weighted by Gasteiger charge is 2.24. The maximum atomic E-state index is 12.3. The van der Waals surface area contributed by atoms with E-state index in [0.29, 0.717) is 44.3 Å². The molecule has 8 nitrogen and oxygen atoms in total. The maximum Gasteiger partial charge on any atom is 0.320 e. The molecule has 0 bridgehead atoms. The highest BCUT2D eigenvalue weighted by Crippen LogP contribution is 2.08. The molecule has 1 aromatic heterocycles. The number of amides is 3. The summed E-state index contributed by atoms with van der Waals surface area (Å²) in [5.74, 6) is 0.966. The van der Waals surface area contributed by atoms with E-state index in [2.05, 4.69) is 10.5 Å². The number of hydrogen-bond acceptors (Lipinski definition) is 5. The number of anilines is 1. The Morgan fingerprint density at radius 2 is 1.91 bits per heavy atom. The lowest BCUT2D eigenvalue weighted by molar-refractivity contribution is -0.117. The van der Waals surface area contributed by atoms with Crippen molar-refractivity contribution in [2.45, 2.75) is 20.8 Å². The molecule has 0 aromatic carbocycles. The average molecular weight is 323 g/mol. The second-order valence-electron chi connectivity index (χ2n) is 5.59. The molecule has 0 unspecified atom stereocenters. The largest absolute Gasteiger partial charge is 0.360 e. The number of nitrogens with one attached hydrogen (secondary N) is 1. The molecule has 8 heteroatoms. The fourth-order valence-corrected chi connectivity index (χ4v) is 2.60. The molecule has 0 spiro atoms. The first-order valence-corrected chi connectivity index (χ1v) is 8.02. The minimum Gasteiger partial charge on any atom is -0.360 e. The van der Waals surface area contributed by atoms with Gasteiger partial charge in [0, 0.05) is 45.3 Å². The Labute approximate surface area is 136 Å². The molecule has 1 aliphatic heterocycles. The maximum absolute atomic E-state index is 12.3. The topological polar surface area (TPSA) is 81.9 Å². The van der Waals surface area contributed by atoms with Crippen molar-refractivity contribution >= 4 is 17.8 Å². The summed E-state index contributed by atoms with van der Waals surface area (Å²) in [5.41, 5.74) is 0. The van der Waals surface area contributed by atoms with E-state index in [1.54, 1.807) is 13.0 Å². The van der Waals surface area contributed by atoms with Crippen LogP contribution in [-0.2, 0) is 4.79 Å². The Morgan fingerprint density at radius 3 is 2.43 bits per heavy atom. The van der Waals surface area contributed by atoms with E-state index in [1.807, 2.05) is 28.5 Å². The third-order valence-electron chi connectivity index (χ3n) is 3.94. The zero-order valence-electron chi connectivity index (χ0n) is 14.0. The van der Waals surface area contributed by atoms with Crippen LogP contribution in [0.25, 0.3) is 0 Å². The van der Waals surface area contributed by atoms with Crippen LogP contribution in [0.1, 0.15) is 19.6 Å². The average Bonchev–Trinajstić information content (AvgIpc) is 2.94. The van der Waals surface area contributed by atoms with Gasteiger partial charge in [-0.15, -0.1) is 0 Å². The number of piperazine rings is 1. The molecular formula is C15H25N5O3. The first kappa shape index (κ1) is 17.3. The van der Waals surface area contributed by atoms with Gasteiger partial charge in [-0.05, 0) is 20.8 Å². The van der Waals surface area contributed by atoms with Gasteiger partial charge in [0.2, 0.25) is 5.91 Å². The second kappa shape index (κ2) is 7.96. The minimum absolute atomic E-state index is 0.0807. The highest BCUT2D eigenvalue weighted by atomic mass is 16.5. The van der Waals surface area contributed by atoms with Gasteiger partial charge in [-0.25, -0.2) is 4.79 Å². The monoisotopic (exact) mass is 323 g/mol. The van der Waals surface area contributed by atoms with Gasteiger partial charge in [0.1, 0.15) is 5.76 Å². The number of rotatable bonds is 5. The van der Waals surface area contributed by atoms with Gasteiger partial charge >= 0.3 is 6.03 Å². The van der Waals surface area contributed by atoms with E-state index in [-0.39, 0.29) is 11.9 Å². The van der Waals surface area contributed by atoms with Crippen molar-refractivity contribution in [3.05, 3.63) is 11.8 Å². The fourth-order valence-electron chi connectivity index (χ4n) is 2.60. The van der Waals surface area contributed by atoms with Gasteiger partial charge in [0.05, 0.1) is 6.54 Å². The molecule has 128 valence electrons. The summed E-state index contributed by atoms with van der Waals surface area (Å²) >= 11 is 0. The SMILES string of the molecule is CCN(CC)C(=O)N1CCN(CC(=O)Nc2cc(C)on2)CC1. The van der Waals surface area contributed by atoms with Crippen LogP contribution < -0.4 is 5.32 Å². The summed E-state index contributed by atoms with van der Waals surface area (Å²) in [5, 5.41) is 6.44. The van der Waals surface area contributed by atoms with Crippen molar-refractivity contribution in [1.82, 2.24) is 19.9 Å². The van der Waals surface area contributed by atoms with E-state index in [9.17, 15) is 9.59 Å². The molecule has 3 amide bonds. The zero-order valence-corrected chi connectivity index (χ0v) is 14.0. The molecule has 1 aromatic rings. The van der Waals surface area contributed by atoms with Crippen LogP contribution in [-0.4, -0.2) is 77.6 Å². The lowest BCUT2D eigenvalue weighted by atomic mass is 10.3. The molecule has 0 atom stereocenters. The van der Waals surface area contributed by atoms with E-state index < -0.39 is 0 Å². The predicted octanol–water partition coefficient (Wildman–Crippen LogP) is 1.00. The smallest absolute Gasteiger partial charge is 0.320 e. The number of carbonyl (C=O) groups is 2. The molecule has 1 N–H and O–H groups in total. The Bertz CT molecular complexity index is 533. The first-order chi connectivity index (χ1) is 11.0. The molecule has 1 saturated heterocycles. The van der Waals surface area contributed by atoms with Gasteiger partial charge in [-0.3, -0.25) is 9.69 Å². The summed E-state index contributed by atoms with van der Waals surface area (Å²) in [4.78, 5) is 30.0. The molecule has 23 heavy (non-hydrogen) atoms. The number of aryl methyl sites for hydroxylation is 1. The van der Waals surface area contributed by atoms with E-state index in [0.717, 1.165) is 13.1 Å². The Balaban J connectivity index is 1.76. The Kier molecular flexibility index (Phi) is 5.97. The van der Waals surface area contributed by atoms with Gasteiger partial charge < -0.3 is 19.6 Å². The lowest BCUT2D eigenvalue weighted by Crippen LogP contribution is -2.53. The molecule has 0 saturated carbocycles. The fraction of sp³-hybridized carbons (Fsp3) is 0.667. The summed E-state index contributed by atoms with van der Waals surface area (Å²) in [6.45, 7) is 10.1. The summed E-state index contributed by atoms with van der Waals surface area (Å²) in [6, 6.07) is 1.76. The van der Waals surface area contributed by atoms with Crippen LogP contribution in [0.5, 0.6) is 0 Å². The molecule has 2 rings (SSSR count). The van der Waals surface area contributed by atoms with Gasteiger partial charge in [0.25, 0.3) is 0 Å². The van der Waals surface area contributed by atoms with Crippen LogP contribution in [0, 0.1) is 6.92 Å². The lowest BCUT2D eigenvalue weighted by Gasteiger charge is -2.36. The number of aromatic nitrogens is 1. The summed E-state index contributed by atoms with van der Waals surface area (Å²) < 4.78 is 4.91. The highest BCUT2D eigenvalue weighted by molar-refractivity contribution is 5.91. The van der Waals surface area contributed by atoms with Crippen LogP contribution >= 0.6 is 0 Å². The van der Waals surface area contributed by atoms with Crippen molar-refractivity contribution in [2.75, 3.05) is 51.1 Å². The van der Waals surface area contributed by atoms with Crippen molar-refractivity contribution in [2.24, 2.45) is 0 Å². The van der Waals surface area contributed by atoms with E-state index >= 15 is 0 Å². The van der Waals surface area contributed by atoms with E-state index in [4.69, 9.17) is 4.52 Å². The van der Waals surface area contributed by atoms with Crippen molar-refractivity contribution in [1.29, 1.82) is 0 Å². The Morgan fingerprint density at radius 1 is 1.26 bits per heavy atom. The summed E-state index contributed by atoms with van der Waals surface area (Å²) in [6.07, 6.45) is 0. The second-order valence-corrected chi connectivity index (χ2v) is 5.59. The first-order valence-electron chi connectivity index (χ1n) is 8.02. The molecule has 0 aliphatic carbocycles. The van der Waals surface area contributed by atoms with Crippen molar-refractivity contribution in [3.63, 3.8) is 0 Å². The quantitative estimate of drug-likeness (QED) is 0.874. The molecule has 2 heterocycles. The van der Waals surface area contributed by atoms with Crippen LogP contribution in [0.3, 0.4) is 0 Å². The third-order valence-corrected chi connectivity index (χ3v) is 3.94. The standard InChI is InChI=1S/C15H25N5O3/c1-4-19(5-2)15(22)20-8-6-18(7-9-20)11-14(21)16-13-10-12(3)23-17-13/h10H,4-9,11H2,1-3H3,(H,16,17,21). The number of carbonyl (C=O) groups excluding carboxylic acids is 2. The van der Waals surface area contributed by atoms with E-state index in [1.165, 1.54) is 0 Å². The predicted molar refractivity (Wildman–Crippen MR) is 86.2 cm³/mol. The van der Waals surface area contributed by atoms with Gasteiger partial charge in [0.15, 0.2) is 5.82 Å². The van der Waals surface area contributed by atoms with Gasteiger partial charge in [-0.2, -0.15) is 0 Å². The van der Waals surface area contributed by atoms with Gasteiger partial charge in [-0.1, -0.05) is 5.16 Å². The Hall–Kier alpha value is -2.09. The molecule has 0 radical (unpaired) electrons. The number of urea groups is 1. The number of nitrogens with zero attached hydrogens (tertiary/aromatic N) is 4. The molecule has 1 fully saturated rings. The normalized spacial score (nSPS) is 15.5. The molecular weight excluding hydrogens is 298 g/mol. The number of hydrogen-bond donors (Lipinski definition) is 1. The zero-order chi connectivity index (χ0) is 16.8. The minimum atomic E-state index is -0.123. The van der Waals surface area contributed by atoms with Crippen LogP contribution in [0.15, 0.2) is 10.6 Å². The van der Waals surface area contributed by atoms with Crippen LogP contribution in [0.2, 0.25) is 0 Å².